The Labute approximate surface area is 118 Å². The number of piperazine rings is 1. The summed E-state index contributed by atoms with van der Waals surface area (Å²) < 4.78 is 0. The molecule has 0 bridgehead atoms. The van der Waals surface area contributed by atoms with E-state index in [1.54, 1.807) is 0 Å². The normalized spacial score (nSPS) is 22.4. The van der Waals surface area contributed by atoms with Gasteiger partial charge < -0.3 is 5.32 Å². The third-order valence-corrected chi connectivity index (χ3v) is 4.58. The van der Waals surface area contributed by atoms with E-state index in [9.17, 15) is 0 Å². The van der Waals surface area contributed by atoms with Crippen LogP contribution < -0.4 is 5.32 Å². The third kappa shape index (κ3) is 3.58. The average molecular weight is 260 g/mol. The average Bonchev–Trinajstić information content (AvgIpc) is 2.42. The van der Waals surface area contributed by atoms with Gasteiger partial charge in [0.15, 0.2) is 0 Å². The van der Waals surface area contributed by atoms with Crippen LogP contribution >= 0.6 is 0 Å². The molecule has 1 aromatic rings. The highest BCUT2D eigenvalue weighted by atomic mass is 15.2. The molecule has 0 saturated carbocycles. The van der Waals surface area contributed by atoms with Gasteiger partial charge in [-0.15, -0.1) is 0 Å². The Morgan fingerprint density at radius 1 is 1.37 bits per heavy atom. The van der Waals surface area contributed by atoms with E-state index in [0.29, 0.717) is 6.04 Å². The molecule has 1 aromatic carbocycles. The van der Waals surface area contributed by atoms with Gasteiger partial charge >= 0.3 is 0 Å². The summed E-state index contributed by atoms with van der Waals surface area (Å²) in [5.41, 5.74) is 4.29. The molecule has 0 aromatic heterocycles. The second-order valence-corrected chi connectivity index (χ2v) is 6.06. The Kier molecular flexibility index (Phi) is 5.00. The van der Waals surface area contributed by atoms with E-state index in [4.69, 9.17) is 0 Å². The molecular weight excluding hydrogens is 232 g/mol. The minimum atomic E-state index is 0.679. The zero-order valence-electron chi connectivity index (χ0n) is 12.9. The molecule has 106 valence electrons. The minimum Gasteiger partial charge on any atom is -0.314 e. The molecule has 1 aliphatic rings. The van der Waals surface area contributed by atoms with Crippen LogP contribution in [-0.4, -0.2) is 30.6 Å². The first-order valence-corrected chi connectivity index (χ1v) is 7.62. The molecule has 0 amide bonds. The Morgan fingerprint density at radius 3 is 2.89 bits per heavy atom. The van der Waals surface area contributed by atoms with Crippen LogP contribution in [0.3, 0.4) is 0 Å². The van der Waals surface area contributed by atoms with Gasteiger partial charge in [0.1, 0.15) is 0 Å². The van der Waals surface area contributed by atoms with Crippen molar-refractivity contribution >= 4 is 0 Å². The standard InChI is InChI=1S/C17H28N2/c1-5-14(3)17-11-18-8-9-19(17)12-16-10-13(2)6-7-15(16)4/h6-7,10,14,17-18H,5,8-9,11-12H2,1-4H3. The molecule has 0 spiro atoms. The summed E-state index contributed by atoms with van der Waals surface area (Å²) in [6, 6.07) is 7.50. The topological polar surface area (TPSA) is 15.3 Å². The molecule has 19 heavy (non-hydrogen) atoms. The summed E-state index contributed by atoms with van der Waals surface area (Å²) in [4.78, 5) is 2.67. The number of benzene rings is 1. The van der Waals surface area contributed by atoms with Crippen molar-refractivity contribution in [1.29, 1.82) is 0 Å². The summed E-state index contributed by atoms with van der Waals surface area (Å²) in [6.45, 7) is 13.6. The van der Waals surface area contributed by atoms with Crippen LogP contribution in [0, 0.1) is 19.8 Å². The minimum absolute atomic E-state index is 0.679. The molecule has 2 atom stereocenters. The SMILES string of the molecule is CCC(C)C1CNCCN1Cc1cc(C)ccc1C. The summed E-state index contributed by atoms with van der Waals surface area (Å²) >= 11 is 0. The second-order valence-electron chi connectivity index (χ2n) is 6.06. The van der Waals surface area contributed by atoms with Crippen molar-refractivity contribution in [2.45, 2.75) is 46.7 Å². The molecular formula is C17H28N2. The third-order valence-electron chi connectivity index (χ3n) is 4.58. The number of nitrogens with one attached hydrogen (secondary N) is 1. The fourth-order valence-corrected chi connectivity index (χ4v) is 2.99. The number of rotatable bonds is 4. The Hall–Kier alpha value is -0.860. The van der Waals surface area contributed by atoms with Crippen molar-refractivity contribution in [2.24, 2.45) is 5.92 Å². The summed E-state index contributed by atoms with van der Waals surface area (Å²) in [6.07, 6.45) is 1.26. The lowest BCUT2D eigenvalue weighted by Crippen LogP contribution is -2.53. The van der Waals surface area contributed by atoms with Gasteiger partial charge in [-0.25, -0.2) is 0 Å². The van der Waals surface area contributed by atoms with E-state index in [1.807, 2.05) is 0 Å². The summed E-state index contributed by atoms with van der Waals surface area (Å²) in [7, 11) is 0. The van der Waals surface area contributed by atoms with Crippen LogP contribution in [0.2, 0.25) is 0 Å². The van der Waals surface area contributed by atoms with Gasteiger partial charge in [-0.05, 0) is 30.9 Å². The second kappa shape index (κ2) is 6.53. The predicted molar refractivity (Wildman–Crippen MR) is 82.4 cm³/mol. The van der Waals surface area contributed by atoms with E-state index in [0.717, 1.165) is 25.6 Å². The molecule has 1 heterocycles. The van der Waals surface area contributed by atoms with Crippen LogP contribution in [0.15, 0.2) is 18.2 Å². The molecule has 0 aliphatic carbocycles. The first kappa shape index (κ1) is 14.5. The molecule has 1 saturated heterocycles. The van der Waals surface area contributed by atoms with E-state index < -0.39 is 0 Å². The van der Waals surface area contributed by atoms with E-state index in [-0.39, 0.29) is 0 Å². The largest absolute Gasteiger partial charge is 0.314 e. The van der Waals surface area contributed by atoms with Gasteiger partial charge in [0.25, 0.3) is 0 Å². The molecule has 1 N–H and O–H groups in total. The molecule has 1 fully saturated rings. The highest BCUT2D eigenvalue weighted by molar-refractivity contribution is 5.30. The lowest BCUT2D eigenvalue weighted by molar-refractivity contribution is 0.109. The smallest absolute Gasteiger partial charge is 0.0250 e. The van der Waals surface area contributed by atoms with Crippen LogP contribution in [-0.2, 0) is 6.54 Å². The van der Waals surface area contributed by atoms with E-state index in [2.05, 4.69) is 56.1 Å². The molecule has 0 radical (unpaired) electrons. The van der Waals surface area contributed by atoms with Gasteiger partial charge in [0.05, 0.1) is 0 Å². The predicted octanol–water partition coefficient (Wildman–Crippen LogP) is 3.12. The lowest BCUT2D eigenvalue weighted by atomic mass is 9.95. The van der Waals surface area contributed by atoms with Crippen molar-refractivity contribution in [1.82, 2.24) is 10.2 Å². The van der Waals surface area contributed by atoms with Crippen molar-refractivity contribution in [3.05, 3.63) is 34.9 Å². The van der Waals surface area contributed by atoms with Crippen LogP contribution in [0.1, 0.15) is 37.0 Å². The first-order chi connectivity index (χ1) is 9.11. The van der Waals surface area contributed by atoms with Gasteiger partial charge in [0.2, 0.25) is 0 Å². The molecule has 1 aliphatic heterocycles. The monoisotopic (exact) mass is 260 g/mol. The zero-order chi connectivity index (χ0) is 13.8. The van der Waals surface area contributed by atoms with Gasteiger partial charge in [-0.2, -0.15) is 0 Å². The summed E-state index contributed by atoms with van der Waals surface area (Å²) in [5, 5.41) is 3.55. The highest BCUT2D eigenvalue weighted by Gasteiger charge is 2.26. The number of hydrogen-bond donors (Lipinski definition) is 1. The van der Waals surface area contributed by atoms with Gasteiger partial charge in [0, 0.05) is 32.2 Å². The highest BCUT2D eigenvalue weighted by Crippen LogP contribution is 2.21. The van der Waals surface area contributed by atoms with Gasteiger partial charge in [-0.3, -0.25) is 4.90 Å². The van der Waals surface area contributed by atoms with Crippen molar-refractivity contribution in [3.63, 3.8) is 0 Å². The number of hydrogen-bond acceptors (Lipinski definition) is 2. The zero-order valence-corrected chi connectivity index (χ0v) is 12.9. The fourth-order valence-electron chi connectivity index (χ4n) is 2.99. The van der Waals surface area contributed by atoms with Crippen LogP contribution in [0.25, 0.3) is 0 Å². The maximum atomic E-state index is 3.55. The number of aryl methyl sites for hydroxylation is 2. The quantitative estimate of drug-likeness (QED) is 0.895. The van der Waals surface area contributed by atoms with Crippen molar-refractivity contribution in [3.8, 4) is 0 Å². The Balaban J connectivity index is 2.12. The van der Waals surface area contributed by atoms with Crippen LogP contribution in [0.5, 0.6) is 0 Å². The Morgan fingerprint density at radius 2 is 2.16 bits per heavy atom. The molecule has 2 heteroatoms. The maximum absolute atomic E-state index is 3.55. The molecule has 2 rings (SSSR count). The van der Waals surface area contributed by atoms with E-state index >= 15 is 0 Å². The lowest BCUT2D eigenvalue weighted by Gasteiger charge is -2.39. The fraction of sp³-hybridized carbons (Fsp3) is 0.647. The molecule has 2 nitrogen and oxygen atoms in total. The van der Waals surface area contributed by atoms with Crippen molar-refractivity contribution in [2.75, 3.05) is 19.6 Å². The summed E-state index contributed by atoms with van der Waals surface area (Å²) in [5.74, 6) is 0.762. The molecule has 2 unspecified atom stereocenters. The van der Waals surface area contributed by atoms with E-state index in [1.165, 1.54) is 29.7 Å². The first-order valence-electron chi connectivity index (χ1n) is 7.62. The van der Waals surface area contributed by atoms with Gasteiger partial charge in [-0.1, -0.05) is 44.0 Å². The number of nitrogens with zero attached hydrogens (tertiary/aromatic N) is 1. The van der Waals surface area contributed by atoms with Crippen LogP contribution in [0.4, 0.5) is 0 Å². The van der Waals surface area contributed by atoms with Crippen molar-refractivity contribution < 1.29 is 0 Å². The Bertz CT molecular complexity index is 414. The maximum Gasteiger partial charge on any atom is 0.0250 e.